The van der Waals surface area contributed by atoms with E-state index in [4.69, 9.17) is 0 Å². The zero-order valence-electron chi connectivity index (χ0n) is 17.0. The average molecular weight is 381 g/mol. The zero-order chi connectivity index (χ0) is 20.4. The summed E-state index contributed by atoms with van der Waals surface area (Å²) >= 11 is 0. The molecule has 1 atom stereocenters. The summed E-state index contributed by atoms with van der Waals surface area (Å²) in [5.41, 5.74) is 2.73. The Hall–Kier alpha value is -3.09. The van der Waals surface area contributed by atoms with Crippen LogP contribution in [-0.4, -0.2) is 43.1 Å². The van der Waals surface area contributed by atoms with Gasteiger partial charge >= 0.3 is 6.03 Å². The Balaban J connectivity index is 1.80. The van der Waals surface area contributed by atoms with Crippen LogP contribution in [0.1, 0.15) is 26.3 Å². The molecule has 1 aliphatic heterocycles. The standard InChI is InChI=1S/C21H27N5O2/c1-14(2)25-19-18(7-6-12-22-19)26(15(3)20(25)27)21(28)23-13-16-8-10-17(11-9-16)24(4)5/h6-12,14-15H,13H2,1-5H3,(H,23,28)/t15-/m0/s1. The van der Waals surface area contributed by atoms with Crippen LogP contribution in [0.4, 0.5) is 22.0 Å². The minimum Gasteiger partial charge on any atom is -0.378 e. The van der Waals surface area contributed by atoms with Gasteiger partial charge < -0.3 is 10.2 Å². The molecule has 148 valence electrons. The Morgan fingerprint density at radius 3 is 2.50 bits per heavy atom. The third-order valence-electron chi connectivity index (χ3n) is 4.87. The van der Waals surface area contributed by atoms with Crippen molar-refractivity contribution in [1.82, 2.24) is 10.3 Å². The number of pyridine rings is 1. The highest BCUT2D eigenvalue weighted by Crippen LogP contribution is 2.35. The molecule has 3 rings (SSSR count). The topological polar surface area (TPSA) is 68.8 Å². The smallest absolute Gasteiger partial charge is 0.323 e. The molecule has 0 spiro atoms. The molecule has 2 aromatic rings. The molecular weight excluding hydrogens is 354 g/mol. The summed E-state index contributed by atoms with van der Waals surface area (Å²) in [6.07, 6.45) is 1.64. The average Bonchev–Trinajstić information content (AvgIpc) is 2.67. The van der Waals surface area contributed by atoms with Crippen LogP contribution in [0, 0.1) is 0 Å². The molecule has 0 unspecified atom stereocenters. The quantitative estimate of drug-likeness (QED) is 0.884. The van der Waals surface area contributed by atoms with E-state index in [-0.39, 0.29) is 18.0 Å². The van der Waals surface area contributed by atoms with Gasteiger partial charge in [-0.3, -0.25) is 14.6 Å². The lowest BCUT2D eigenvalue weighted by Gasteiger charge is -2.40. The second-order valence-electron chi connectivity index (χ2n) is 7.41. The molecular formula is C21H27N5O2. The maximum absolute atomic E-state index is 12.9. The van der Waals surface area contributed by atoms with Gasteiger partial charge in [0, 0.05) is 38.6 Å². The SMILES string of the molecule is CC(C)N1C(=O)[C@H](C)N(C(=O)NCc2ccc(N(C)C)cc2)c2cccnc21. The summed E-state index contributed by atoms with van der Waals surface area (Å²) in [6.45, 7) is 6.01. The van der Waals surface area contributed by atoms with E-state index in [0.29, 0.717) is 18.1 Å². The summed E-state index contributed by atoms with van der Waals surface area (Å²) < 4.78 is 0. The number of fused-ring (bicyclic) bond motifs is 1. The van der Waals surface area contributed by atoms with Crippen LogP contribution in [0.25, 0.3) is 0 Å². The molecule has 0 bridgehead atoms. The first-order chi connectivity index (χ1) is 13.3. The van der Waals surface area contributed by atoms with Crippen molar-refractivity contribution in [2.24, 2.45) is 0 Å². The Morgan fingerprint density at radius 2 is 1.89 bits per heavy atom. The monoisotopic (exact) mass is 381 g/mol. The normalized spacial score (nSPS) is 16.2. The molecule has 0 saturated heterocycles. The van der Waals surface area contributed by atoms with Gasteiger partial charge in [-0.15, -0.1) is 0 Å². The number of hydrogen-bond donors (Lipinski definition) is 1. The molecule has 2 heterocycles. The third kappa shape index (κ3) is 3.65. The van der Waals surface area contributed by atoms with Gasteiger partial charge in [0.05, 0.1) is 5.69 Å². The van der Waals surface area contributed by atoms with Crippen molar-refractivity contribution in [2.75, 3.05) is 28.8 Å². The highest BCUT2D eigenvalue weighted by Gasteiger charge is 2.40. The third-order valence-corrected chi connectivity index (χ3v) is 4.87. The second kappa shape index (κ2) is 7.88. The number of carbonyl (C=O) groups is 2. The van der Waals surface area contributed by atoms with E-state index in [1.807, 2.05) is 63.2 Å². The van der Waals surface area contributed by atoms with Crippen molar-refractivity contribution >= 4 is 29.1 Å². The van der Waals surface area contributed by atoms with Crippen LogP contribution in [0.5, 0.6) is 0 Å². The molecule has 28 heavy (non-hydrogen) atoms. The Bertz CT molecular complexity index is 863. The number of aromatic nitrogens is 1. The van der Waals surface area contributed by atoms with Crippen molar-refractivity contribution in [3.05, 3.63) is 48.2 Å². The van der Waals surface area contributed by atoms with Crippen molar-refractivity contribution in [3.63, 3.8) is 0 Å². The highest BCUT2D eigenvalue weighted by molar-refractivity contribution is 6.11. The van der Waals surface area contributed by atoms with Gasteiger partial charge in [0.2, 0.25) is 0 Å². The fourth-order valence-electron chi connectivity index (χ4n) is 3.35. The molecule has 0 fully saturated rings. The lowest BCUT2D eigenvalue weighted by atomic mass is 10.1. The molecule has 3 amide bonds. The molecule has 1 aromatic carbocycles. The predicted octanol–water partition coefficient (Wildman–Crippen LogP) is 3.01. The van der Waals surface area contributed by atoms with E-state index in [9.17, 15) is 9.59 Å². The van der Waals surface area contributed by atoms with Crippen molar-refractivity contribution < 1.29 is 9.59 Å². The van der Waals surface area contributed by atoms with E-state index in [0.717, 1.165) is 11.3 Å². The lowest BCUT2D eigenvalue weighted by Crippen LogP contribution is -2.58. The molecule has 0 aliphatic carbocycles. The van der Waals surface area contributed by atoms with E-state index in [1.54, 1.807) is 24.1 Å². The minimum atomic E-state index is -0.602. The fourth-order valence-corrected chi connectivity index (χ4v) is 3.35. The first-order valence-corrected chi connectivity index (χ1v) is 9.42. The first-order valence-electron chi connectivity index (χ1n) is 9.42. The van der Waals surface area contributed by atoms with Crippen LogP contribution in [-0.2, 0) is 11.3 Å². The summed E-state index contributed by atoms with van der Waals surface area (Å²) in [5, 5.41) is 2.93. The molecule has 1 aromatic heterocycles. The number of nitrogens with one attached hydrogen (secondary N) is 1. The summed E-state index contributed by atoms with van der Waals surface area (Å²) in [4.78, 5) is 35.4. The fraction of sp³-hybridized carbons (Fsp3) is 0.381. The van der Waals surface area contributed by atoms with Gasteiger partial charge in [-0.25, -0.2) is 9.78 Å². The number of hydrogen-bond acceptors (Lipinski definition) is 4. The number of rotatable bonds is 4. The lowest BCUT2D eigenvalue weighted by molar-refractivity contribution is -0.120. The molecule has 1 N–H and O–H groups in total. The number of anilines is 3. The minimum absolute atomic E-state index is 0.0379. The second-order valence-corrected chi connectivity index (χ2v) is 7.41. The first kappa shape index (κ1) is 19.7. The molecule has 7 heteroatoms. The summed E-state index contributed by atoms with van der Waals surface area (Å²) in [6, 6.07) is 10.6. The van der Waals surface area contributed by atoms with Crippen molar-refractivity contribution in [2.45, 2.75) is 39.4 Å². The number of carbonyl (C=O) groups excluding carboxylic acids is 2. The zero-order valence-corrected chi connectivity index (χ0v) is 17.0. The molecule has 0 radical (unpaired) electrons. The summed E-state index contributed by atoms with van der Waals surface area (Å²) in [7, 11) is 3.97. The van der Waals surface area contributed by atoms with E-state index < -0.39 is 6.04 Å². The number of benzene rings is 1. The van der Waals surface area contributed by atoms with Gasteiger partial charge in [-0.2, -0.15) is 0 Å². The Kier molecular flexibility index (Phi) is 5.53. The van der Waals surface area contributed by atoms with Crippen LogP contribution in [0.2, 0.25) is 0 Å². The molecule has 1 aliphatic rings. The maximum Gasteiger partial charge on any atom is 0.323 e. The van der Waals surface area contributed by atoms with E-state index in [2.05, 4.69) is 10.3 Å². The molecule has 7 nitrogen and oxygen atoms in total. The van der Waals surface area contributed by atoms with Gasteiger partial charge in [-0.05, 0) is 50.6 Å². The maximum atomic E-state index is 12.9. The van der Waals surface area contributed by atoms with Crippen molar-refractivity contribution in [1.29, 1.82) is 0 Å². The van der Waals surface area contributed by atoms with Gasteiger partial charge in [0.25, 0.3) is 5.91 Å². The van der Waals surface area contributed by atoms with Gasteiger partial charge in [0.1, 0.15) is 6.04 Å². The predicted molar refractivity (Wildman–Crippen MR) is 112 cm³/mol. The number of urea groups is 1. The van der Waals surface area contributed by atoms with Crippen LogP contribution in [0.15, 0.2) is 42.6 Å². The van der Waals surface area contributed by atoms with E-state index in [1.165, 1.54) is 4.90 Å². The number of nitrogens with zero attached hydrogens (tertiary/aromatic N) is 4. The number of amides is 3. The highest BCUT2D eigenvalue weighted by atomic mass is 16.2. The van der Waals surface area contributed by atoms with Crippen LogP contribution in [0.3, 0.4) is 0 Å². The molecule has 0 saturated carbocycles. The van der Waals surface area contributed by atoms with Crippen molar-refractivity contribution in [3.8, 4) is 0 Å². The van der Waals surface area contributed by atoms with Gasteiger partial charge in [0.15, 0.2) is 5.82 Å². The summed E-state index contributed by atoms with van der Waals surface area (Å²) in [5.74, 6) is 0.387. The van der Waals surface area contributed by atoms with Crippen LogP contribution < -0.4 is 20.0 Å². The van der Waals surface area contributed by atoms with Crippen LogP contribution >= 0.6 is 0 Å². The Labute approximate surface area is 166 Å². The van der Waals surface area contributed by atoms with Gasteiger partial charge in [-0.1, -0.05) is 12.1 Å². The Morgan fingerprint density at radius 1 is 1.21 bits per heavy atom. The van der Waals surface area contributed by atoms with E-state index >= 15 is 0 Å². The largest absolute Gasteiger partial charge is 0.378 e.